The van der Waals surface area contributed by atoms with Gasteiger partial charge in [-0.15, -0.1) is 0 Å². The Morgan fingerprint density at radius 2 is 2.11 bits per heavy atom. The molecule has 1 saturated carbocycles. The van der Waals surface area contributed by atoms with Crippen molar-refractivity contribution in [3.05, 3.63) is 17.0 Å². The van der Waals surface area contributed by atoms with E-state index in [4.69, 9.17) is 11.6 Å². The predicted octanol–water partition coefficient (Wildman–Crippen LogP) is 3.03. The first-order valence-corrected chi connectivity index (χ1v) is 6.22. The summed E-state index contributed by atoms with van der Waals surface area (Å²) in [6.07, 6.45) is -1.97. The molecule has 1 fully saturated rings. The molecule has 0 aliphatic heterocycles. The third-order valence-electron chi connectivity index (χ3n) is 2.54. The molecule has 2 rings (SSSR count). The number of anilines is 1. The van der Waals surface area contributed by atoms with Gasteiger partial charge in [-0.1, -0.05) is 0 Å². The average Bonchev–Trinajstić information content (AvgIpc) is 3.07. The van der Waals surface area contributed by atoms with E-state index in [1.807, 2.05) is 0 Å². The van der Waals surface area contributed by atoms with Crippen LogP contribution >= 0.6 is 11.6 Å². The predicted molar refractivity (Wildman–Crippen MR) is 64.0 cm³/mol. The van der Waals surface area contributed by atoms with Crippen LogP contribution in [0.5, 0.6) is 0 Å². The highest BCUT2D eigenvalue weighted by Gasteiger charge is 2.27. The van der Waals surface area contributed by atoms with Crippen LogP contribution in [-0.4, -0.2) is 29.3 Å². The highest BCUT2D eigenvalue weighted by atomic mass is 35.5. The summed E-state index contributed by atoms with van der Waals surface area (Å²) in [4.78, 5) is 7.77. The normalized spacial score (nSPS) is 15.6. The molecule has 0 bridgehead atoms. The van der Waals surface area contributed by atoms with E-state index in [9.17, 15) is 13.2 Å². The van der Waals surface area contributed by atoms with Crippen molar-refractivity contribution in [2.24, 2.45) is 5.92 Å². The minimum absolute atomic E-state index is 0.00796. The van der Waals surface area contributed by atoms with Crippen LogP contribution in [0.15, 0.2) is 6.07 Å². The molecular weight excluding hydrogens is 283 g/mol. The van der Waals surface area contributed by atoms with E-state index in [2.05, 4.69) is 20.0 Å². The zero-order valence-corrected chi connectivity index (χ0v) is 10.8. The van der Waals surface area contributed by atoms with Crippen LogP contribution in [0.2, 0.25) is 5.28 Å². The number of ether oxygens (including phenoxy) is 1. The minimum atomic E-state index is -4.34. The second kappa shape index (κ2) is 5.92. The summed E-state index contributed by atoms with van der Waals surface area (Å²) >= 11 is 5.71. The van der Waals surface area contributed by atoms with E-state index < -0.39 is 12.8 Å². The molecule has 1 aliphatic carbocycles. The fraction of sp³-hybridized carbons (Fsp3) is 0.636. The molecule has 0 saturated heterocycles. The fourth-order valence-electron chi connectivity index (χ4n) is 1.47. The van der Waals surface area contributed by atoms with E-state index in [0.29, 0.717) is 17.4 Å². The molecule has 0 amide bonds. The molecule has 0 aromatic carbocycles. The van der Waals surface area contributed by atoms with Crippen LogP contribution < -0.4 is 5.32 Å². The molecule has 19 heavy (non-hydrogen) atoms. The molecule has 8 heteroatoms. The highest BCUT2D eigenvalue weighted by molar-refractivity contribution is 6.28. The number of rotatable bonds is 6. The van der Waals surface area contributed by atoms with Crippen molar-refractivity contribution in [3.63, 3.8) is 0 Å². The molecule has 0 atom stereocenters. The Hall–Kier alpha value is -1.08. The van der Waals surface area contributed by atoms with Gasteiger partial charge in [-0.05, 0) is 30.4 Å². The first-order valence-electron chi connectivity index (χ1n) is 5.84. The smallest absolute Gasteiger partial charge is 0.370 e. The fourth-order valence-corrected chi connectivity index (χ4v) is 1.67. The van der Waals surface area contributed by atoms with Crippen LogP contribution in [0.4, 0.5) is 19.0 Å². The molecule has 4 nitrogen and oxygen atoms in total. The summed E-state index contributed by atoms with van der Waals surface area (Å²) < 4.78 is 40.3. The van der Waals surface area contributed by atoms with E-state index in [1.165, 1.54) is 12.8 Å². The van der Waals surface area contributed by atoms with Gasteiger partial charge in [0, 0.05) is 12.6 Å². The van der Waals surface area contributed by atoms with Crippen molar-refractivity contribution in [2.45, 2.75) is 25.6 Å². The highest BCUT2D eigenvalue weighted by Crippen LogP contribution is 2.28. The molecule has 0 radical (unpaired) electrons. The van der Waals surface area contributed by atoms with E-state index in [1.54, 1.807) is 6.07 Å². The molecule has 0 spiro atoms. The van der Waals surface area contributed by atoms with Gasteiger partial charge in [0.05, 0.1) is 12.3 Å². The van der Waals surface area contributed by atoms with Gasteiger partial charge in [0.1, 0.15) is 12.4 Å². The standard InChI is InChI=1S/C11H13ClF3N3O/c12-10-17-8(5-19-6-11(13,14)15)3-9(18-10)16-4-7-1-2-7/h3,7H,1-2,4-6H2,(H,16,17,18). The molecule has 1 aromatic heterocycles. The monoisotopic (exact) mass is 295 g/mol. The number of hydrogen-bond acceptors (Lipinski definition) is 4. The van der Waals surface area contributed by atoms with Gasteiger partial charge in [-0.3, -0.25) is 0 Å². The topological polar surface area (TPSA) is 47.0 Å². The Kier molecular flexibility index (Phi) is 4.46. The van der Waals surface area contributed by atoms with Gasteiger partial charge in [-0.2, -0.15) is 13.2 Å². The van der Waals surface area contributed by atoms with Crippen molar-refractivity contribution in [1.29, 1.82) is 0 Å². The van der Waals surface area contributed by atoms with Crippen LogP contribution in [0.3, 0.4) is 0 Å². The number of hydrogen-bond donors (Lipinski definition) is 1. The second-order valence-corrected chi connectivity index (χ2v) is 4.78. The zero-order valence-electron chi connectivity index (χ0n) is 10.0. The van der Waals surface area contributed by atoms with Crippen LogP contribution in [0.1, 0.15) is 18.5 Å². The Bertz CT molecular complexity index is 438. The molecule has 1 aromatic rings. The SMILES string of the molecule is FC(F)(F)COCc1cc(NCC2CC2)nc(Cl)n1. The molecule has 0 unspecified atom stereocenters. The van der Waals surface area contributed by atoms with Crippen LogP contribution in [0.25, 0.3) is 0 Å². The molecular formula is C11H13ClF3N3O. The lowest BCUT2D eigenvalue weighted by Gasteiger charge is -2.09. The summed E-state index contributed by atoms with van der Waals surface area (Å²) in [5, 5.41) is 3.07. The molecule has 1 heterocycles. The van der Waals surface area contributed by atoms with Gasteiger partial charge in [0.15, 0.2) is 0 Å². The van der Waals surface area contributed by atoms with Crippen molar-refractivity contribution in [2.75, 3.05) is 18.5 Å². The lowest BCUT2D eigenvalue weighted by Crippen LogP contribution is -2.17. The maximum atomic E-state index is 11.9. The quantitative estimate of drug-likeness (QED) is 0.820. The summed E-state index contributed by atoms with van der Waals surface area (Å²) in [5.41, 5.74) is 0.322. The van der Waals surface area contributed by atoms with Crippen molar-refractivity contribution in [1.82, 2.24) is 9.97 Å². The maximum absolute atomic E-state index is 11.9. The van der Waals surface area contributed by atoms with Crippen molar-refractivity contribution < 1.29 is 17.9 Å². The average molecular weight is 296 g/mol. The molecule has 1 N–H and O–H groups in total. The Balaban J connectivity index is 1.87. The summed E-state index contributed by atoms with van der Waals surface area (Å²) in [6, 6.07) is 1.55. The second-order valence-electron chi connectivity index (χ2n) is 4.45. The lowest BCUT2D eigenvalue weighted by atomic mass is 10.4. The third-order valence-corrected chi connectivity index (χ3v) is 2.71. The van der Waals surface area contributed by atoms with Gasteiger partial charge in [-0.25, -0.2) is 9.97 Å². The lowest BCUT2D eigenvalue weighted by molar-refractivity contribution is -0.176. The minimum Gasteiger partial charge on any atom is -0.370 e. The van der Waals surface area contributed by atoms with Crippen molar-refractivity contribution >= 4 is 17.4 Å². The van der Waals surface area contributed by atoms with Gasteiger partial charge >= 0.3 is 6.18 Å². The Morgan fingerprint density at radius 1 is 1.37 bits per heavy atom. The maximum Gasteiger partial charge on any atom is 0.411 e. The number of aromatic nitrogens is 2. The first-order chi connectivity index (χ1) is 8.92. The summed E-state index contributed by atoms with van der Waals surface area (Å²) in [5.74, 6) is 1.16. The van der Waals surface area contributed by atoms with Gasteiger partial charge in [0.2, 0.25) is 5.28 Å². The van der Waals surface area contributed by atoms with E-state index in [-0.39, 0.29) is 11.9 Å². The van der Waals surface area contributed by atoms with Crippen LogP contribution in [-0.2, 0) is 11.3 Å². The molecule has 106 valence electrons. The van der Waals surface area contributed by atoms with Gasteiger partial charge in [0.25, 0.3) is 0 Å². The molecule has 1 aliphatic rings. The third kappa shape index (κ3) is 5.61. The number of nitrogens with one attached hydrogen (secondary N) is 1. The number of alkyl halides is 3. The van der Waals surface area contributed by atoms with Gasteiger partial charge < -0.3 is 10.1 Å². The number of halogens is 4. The zero-order chi connectivity index (χ0) is 13.9. The summed E-state index contributed by atoms with van der Waals surface area (Å²) in [6.45, 7) is -0.768. The van der Waals surface area contributed by atoms with E-state index in [0.717, 1.165) is 6.54 Å². The Morgan fingerprint density at radius 3 is 2.74 bits per heavy atom. The van der Waals surface area contributed by atoms with Crippen LogP contribution in [0, 0.1) is 5.92 Å². The largest absolute Gasteiger partial charge is 0.411 e. The summed E-state index contributed by atoms with van der Waals surface area (Å²) in [7, 11) is 0. The first kappa shape index (κ1) is 14.3. The Labute approximate surface area is 113 Å². The van der Waals surface area contributed by atoms with E-state index >= 15 is 0 Å². The number of nitrogens with zero attached hydrogens (tertiary/aromatic N) is 2. The van der Waals surface area contributed by atoms with Crippen molar-refractivity contribution in [3.8, 4) is 0 Å².